The van der Waals surface area contributed by atoms with Crippen molar-refractivity contribution in [1.82, 2.24) is 4.57 Å². The number of benzene rings is 3. The summed E-state index contributed by atoms with van der Waals surface area (Å²) in [5, 5.41) is 1.57. The highest BCUT2D eigenvalue weighted by Crippen LogP contribution is 2.29. The smallest absolute Gasteiger partial charge is 0.265 e. The lowest BCUT2D eigenvalue weighted by Gasteiger charge is -2.10. The molecule has 0 unspecified atom stereocenters. The molecule has 0 saturated carbocycles. The van der Waals surface area contributed by atoms with Crippen LogP contribution in [0.25, 0.3) is 22.0 Å². The minimum Gasteiger partial charge on any atom is -0.364 e. The fourth-order valence-corrected chi connectivity index (χ4v) is 3.55. The van der Waals surface area contributed by atoms with Crippen molar-refractivity contribution in [2.45, 2.75) is 13.5 Å². The molecule has 1 heterocycles. The monoisotopic (exact) mass is 392 g/mol. The second kappa shape index (κ2) is 7.13. The molecular weight excluding hydrogens is 375 g/mol. The van der Waals surface area contributed by atoms with E-state index in [9.17, 15) is 9.18 Å². The summed E-state index contributed by atoms with van der Waals surface area (Å²) in [5.74, 6) is -0.709. The number of fused-ring (bicyclic) bond motifs is 1. The van der Waals surface area contributed by atoms with Crippen LogP contribution in [0.15, 0.2) is 66.7 Å². The molecule has 0 aliphatic rings. The molecule has 0 atom stereocenters. The fourth-order valence-electron chi connectivity index (χ4n) is 3.42. The number of amides is 1. The van der Waals surface area contributed by atoms with Crippen molar-refractivity contribution in [3.8, 4) is 11.1 Å². The molecule has 3 aromatic carbocycles. The predicted octanol–water partition coefficient (Wildman–Crippen LogP) is 5.56. The van der Waals surface area contributed by atoms with Crippen LogP contribution >= 0.6 is 11.6 Å². The Balaban J connectivity index is 1.81. The first-order valence-corrected chi connectivity index (χ1v) is 9.24. The van der Waals surface area contributed by atoms with Gasteiger partial charge >= 0.3 is 0 Å². The summed E-state index contributed by atoms with van der Waals surface area (Å²) in [6.45, 7) is 2.25. The van der Waals surface area contributed by atoms with E-state index in [2.05, 4.69) is 0 Å². The van der Waals surface area contributed by atoms with Crippen molar-refractivity contribution in [2.75, 3.05) is 0 Å². The van der Waals surface area contributed by atoms with Gasteiger partial charge in [-0.3, -0.25) is 4.79 Å². The SMILES string of the molecule is Cc1cc(-c2ccc3c(c2)cc(C(N)=O)n3Cc2ccc(Cl)cc2)ccc1F. The third-order valence-electron chi connectivity index (χ3n) is 4.90. The van der Waals surface area contributed by atoms with Crippen LogP contribution in [0.3, 0.4) is 0 Å². The number of halogens is 2. The molecule has 0 radical (unpaired) electrons. The van der Waals surface area contributed by atoms with Gasteiger partial charge in [0.15, 0.2) is 0 Å². The molecule has 0 bridgehead atoms. The Hall–Kier alpha value is -3.11. The topological polar surface area (TPSA) is 48.0 Å². The molecular formula is C23H18ClFN2O. The van der Waals surface area contributed by atoms with Crippen molar-refractivity contribution in [3.05, 3.63) is 94.4 Å². The van der Waals surface area contributed by atoms with Gasteiger partial charge in [-0.1, -0.05) is 35.9 Å². The number of hydrogen-bond acceptors (Lipinski definition) is 1. The van der Waals surface area contributed by atoms with E-state index < -0.39 is 5.91 Å². The minimum atomic E-state index is -0.482. The number of carbonyl (C=O) groups excluding carboxylic acids is 1. The number of hydrogen-bond donors (Lipinski definition) is 1. The number of aryl methyl sites for hydroxylation is 1. The van der Waals surface area contributed by atoms with Gasteiger partial charge < -0.3 is 10.3 Å². The number of nitrogens with zero attached hydrogens (tertiary/aromatic N) is 1. The van der Waals surface area contributed by atoms with Gasteiger partial charge in [-0.25, -0.2) is 4.39 Å². The zero-order valence-electron chi connectivity index (χ0n) is 15.2. The Labute approximate surface area is 167 Å². The fraction of sp³-hybridized carbons (Fsp3) is 0.0870. The summed E-state index contributed by atoms with van der Waals surface area (Å²) in [5.41, 5.74) is 10.5. The number of nitrogens with two attached hydrogens (primary N) is 1. The van der Waals surface area contributed by atoms with Crippen LogP contribution in [0.4, 0.5) is 4.39 Å². The molecule has 28 heavy (non-hydrogen) atoms. The molecule has 1 amide bonds. The van der Waals surface area contributed by atoms with E-state index in [1.165, 1.54) is 6.07 Å². The summed E-state index contributed by atoms with van der Waals surface area (Å²) in [4.78, 5) is 12.0. The van der Waals surface area contributed by atoms with Gasteiger partial charge in [0.05, 0.1) is 0 Å². The van der Waals surface area contributed by atoms with Crippen LogP contribution < -0.4 is 5.73 Å². The molecule has 1 aromatic heterocycles. The first-order chi connectivity index (χ1) is 13.4. The van der Waals surface area contributed by atoms with E-state index in [-0.39, 0.29) is 5.82 Å². The maximum absolute atomic E-state index is 13.6. The summed E-state index contributed by atoms with van der Waals surface area (Å²) >= 11 is 5.96. The predicted molar refractivity (Wildman–Crippen MR) is 111 cm³/mol. The van der Waals surface area contributed by atoms with Gasteiger partial charge in [0.2, 0.25) is 0 Å². The van der Waals surface area contributed by atoms with Crippen molar-refractivity contribution >= 4 is 28.4 Å². The summed E-state index contributed by atoms with van der Waals surface area (Å²) < 4.78 is 15.5. The Bertz CT molecular complexity index is 1200. The van der Waals surface area contributed by atoms with Crippen LogP contribution in [0.2, 0.25) is 5.02 Å². The maximum atomic E-state index is 13.6. The molecule has 3 nitrogen and oxygen atoms in total. The van der Waals surface area contributed by atoms with Crippen LogP contribution in [-0.2, 0) is 6.54 Å². The zero-order chi connectivity index (χ0) is 19.8. The molecule has 0 fully saturated rings. The van der Waals surface area contributed by atoms with E-state index in [0.717, 1.165) is 27.6 Å². The quantitative estimate of drug-likeness (QED) is 0.486. The first kappa shape index (κ1) is 18.3. The Kier molecular flexibility index (Phi) is 4.65. The molecule has 140 valence electrons. The third-order valence-corrected chi connectivity index (χ3v) is 5.15. The van der Waals surface area contributed by atoms with Gasteiger partial charge in [0.1, 0.15) is 11.5 Å². The summed E-state index contributed by atoms with van der Waals surface area (Å²) in [6.07, 6.45) is 0. The average Bonchev–Trinajstić information content (AvgIpc) is 3.04. The highest BCUT2D eigenvalue weighted by Gasteiger charge is 2.14. The van der Waals surface area contributed by atoms with Crippen LogP contribution in [0, 0.1) is 12.7 Å². The second-order valence-corrected chi connectivity index (χ2v) is 7.28. The van der Waals surface area contributed by atoms with E-state index >= 15 is 0 Å². The third kappa shape index (κ3) is 3.39. The molecule has 4 rings (SSSR count). The Morgan fingerprint density at radius 3 is 2.36 bits per heavy atom. The molecule has 2 N–H and O–H groups in total. The zero-order valence-corrected chi connectivity index (χ0v) is 16.0. The number of carbonyl (C=O) groups is 1. The van der Waals surface area contributed by atoms with E-state index in [4.69, 9.17) is 17.3 Å². The van der Waals surface area contributed by atoms with Crippen molar-refractivity contribution in [2.24, 2.45) is 5.73 Å². The van der Waals surface area contributed by atoms with Crippen LogP contribution in [0.5, 0.6) is 0 Å². The normalized spacial score (nSPS) is 11.1. The van der Waals surface area contributed by atoms with E-state index in [0.29, 0.717) is 22.8 Å². The number of primary amides is 1. The molecule has 0 aliphatic heterocycles. The molecule has 5 heteroatoms. The minimum absolute atomic E-state index is 0.227. The Morgan fingerprint density at radius 1 is 1.00 bits per heavy atom. The Morgan fingerprint density at radius 2 is 1.68 bits per heavy atom. The largest absolute Gasteiger partial charge is 0.364 e. The van der Waals surface area contributed by atoms with Crippen LogP contribution in [0.1, 0.15) is 21.6 Å². The molecule has 4 aromatic rings. The van der Waals surface area contributed by atoms with Gasteiger partial charge in [-0.05, 0) is 71.6 Å². The maximum Gasteiger partial charge on any atom is 0.265 e. The average molecular weight is 393 g/mol. The lowest BCUT2D eigenvalue weighted by molar-refractivity contribution is 0.0992. The summed E-state index contributed by atoms with van der Waals surface area (Å²) in [6, 6.07) is 20.3. The highest BCUT2D eigenvalue weighted by atomic mass is 35.5. The standard InChI is InChI=1S/C23H18ClFN2O/c1-14-10-16(4-8-20(14)25)17-5-9-21-18(11-17)12-22(23(26)28)27(21)13-15-2-6-19(24)7-3-15/h2-12H,13H2,1H3,(H2,26,28). The highest BCUT2D eigenvalue weighted by molar-refractivity contribution is 6.30. The second-order valence-electron chi connectivity index (χ2n) is 6.84. The molecule has 0 aliphatic carbocycles. The van der Waals surface area contributed by atoms with E-state index in [1.807, 2.05) is 53.1 Å². The lowest BCUT2D eigenvalue weighted by Crippen LogP contribution is -2.17. The van der Waals surface area contributed by atoms with Crippen molar-refractivity contribution < 1.29 is 9.18 Å². The van der Waals surface area contributed by atoms with Crippen molar-refractivity contribution in [3.63, 3.8) is 0 Å². The number of aromatic nitrogens is 1. The first-order valence-electron chi connectivity index (χ1n) is 8.86. The van der Waals surface area contributed by atoms with Crippen LogP contribution in [-0.4, -0.2) is 10.5 Å². The summed E-state index contributed by atoms with van der Waals surface area (Å²) in [7, 11) is 0. The van der Waals surface area contributed by atoms with E-state index in [1.54, 1.807) is 19.1 Å². The van der Waals surface area contributed by atoms with Gasteiger partial charge in [-0.15, -0.1) is 0 Å². The van der Waals surface area contributed by atoms with Crippen molar-refractivity contribution in [1.29, 1.82) is 0 Å². The van der Waals surface area contributed by atoms with Gasteiger partial charge in [0, 0.05) is 22.5 Å². The molecule has 0 saturated heterocycles. The van der Waals surface area contributed by atoms with Gasteiger partial charge in [0.25, 0.3) is 5.91 Å². The van der Waals surface area contributed by atoms with Gasteiger partial charge in [-0.2, -0.15) is 0 Å². The molecule has 0 spiro atoms. The lowest BCUT2D eigenvalue weighted by atomic mass is 10.0. The number of rotatable bonds is 4.